The maximum Gasteiger partial charge on any atom is 0.0314 e. The molecule has 0 bridgehead atoms. The lowest BCUT2D eigenvalue weighted by atomic mass is 9.92. The molecule has 0 aromatic heterocycles. The molecule has 0 saturated heterocycles. The smallest absolute Gasteiger partial charge is 0.0314 e. The van der Waals surface area contributed by atoms with Gasteiger partial charge in [0.25, 0.3) is 0 Å². The van der Waals surface area contributed by atoms with Gasteiger partial charge in [0.15, 0.2) is 0 Å². The minimum atomic E-state index is 0.418. The van der Waals surface area contributed by atoms with E-state index in [0.717, 1.165) is 5.69 Å². The summed E-state index contributed by atoms with van der Waals surface area (Å²) in [4.78, 5) is 0. The van der Waals surface area contributed by atoms with Gasteiger partial charge >= 0.3 is 0 Å². The number of hydrogen-bond acceptors (Lipinski definition) is 1. The van der Waals surface area contributed by atoms with Gasteiger partial charge in [0, 0.05) is 11.6 Å². The van der Waals surface area contributed by atoms with E-state index in [1.807, 2.05) is 12.1 Å². The van der Waals surface area contributed by atoms with Crippen molar-refractivity contribution in [2.45, 2.75) is 19.8 Å². The van der Waals surface area contributed by atoms with Gasteiger partial charge in [-0.05, 0) is 30.2 Å². The molecule has 1 atom stereocenters. The van der Waals surface area contributed by atoms with Crippen LogP contribution in [0.5, 0.6) is 0 Å². The van der Waals surface area contributed by atoms with Crippen molar-refractivity contribution in [3.8, 4) is 0 Å². The summed E-state index contributed by atoms with van der Waals surface area (Å²) in [6.45, 7) is 4.33. The fourth-order valence-electron chi connectivity index (χ4n) is 1.83. The zero-order chi connectivity index (χ0) is 11.5. The van der Waals surface area contributed by atoms with Gasteiger partial charge in [-0.25, -0.2) is 0 Å². The zero-order valence-electron chi connectivity index (χ0n) is 9.77. The van der Waals surface area contributed by atoms with Gasteiger partial charge in [-0.15, -0.1) is 0 Å². The number of nitrogens with two attached hydrogens (primary N) is 1. The number of aryl methyl sites for hydroxylation is 1. The lowest BCUT2D eigenvalue weighted by Gasteiger charge is -2.12. The Labute approximate surface area is 96.9 Å². The number of nitrogen functional groups attached to an aromatic ring is 1. The molecular weight excluding hydrogens is 194 g/mol. The molecule has 0 unspecified atom stereocenters. The molecule has 2 aromatic carbocycles. The Morgan fingerprint density at radius 1 is 0.812 bits per heavy atom. The predicted molar refractivity (Wildman–Crippen MR) is 69.6 cm³/mol. The Hall–Kier alpha value is -1.76. The van der Waals surface area contributed by atoms with Gasteiger partial charge in [0.1, 0.15) is 0 Å². The van der Waals surface area contributed by atoms with Crippen LogP contribution in [0.25, 0.3) is 0 Å². The zero-order valence-corrected chi connectivity index (χ0v) is 9.77. The molecule has 0 aliphatic carbocycles. The van der Waals surface area contributed by atoms with E-state index < -0.39 is 0 Å². The molecule has 0 amide bonds. The van der Waals surface area contributed by atoms with Crippen molar-refractivity contribution in [1.29, 1.82) is 0 Å². The summed E-state index contributed by atoms with van der Waals surface area (Å²) < 4.78 is 0. The third-order valence-electron chi connectivity index (χ3n) is 3.01. The molecule has 82 valence electrons. The van der Waals surface area contributed by atoms with E-state index >= 15 is 0 Å². The van der Waals surface area contributed by atoms with E-state index in [-0.39, 0.29) is 0 Å². The third-order valence-corrected chi connectivity index (χ3v) is 3.01. The third kappa shape index (κ3) is 2.25. The molecule has 2 N–H and O–H groups in total. The fourth-order valence-corrected chi connectivity index (χ4v) is 1.83. The lowest BCUT2D eigenvalue weighted by Crippen LogP contribution is -1.96. The Morgan fingerprint density at radius 3 is 1.75 bits per heavy atom. The van der Waals surface area contributed by atoms with Crippen LogP contribution in [0.3, 0.4) is 0 Å². The van der Waals surface area contributed by atoms with Crippen molar-refractivity contribution < 1.29 is 0 Å². The molecule has 0 fully saturated rings. The standard InChI is InChI=1S/C15H17N/c1-11-3-5-13(6-4-11)12(2)14-7-9-15(16)10-8-14/h3-10,12H,16H2,1-2H3/t12-/m1/s1. The van der Waals surface area contributed by atoms with Crippen molar-refractivity contribution >= 4 is 5.69 Å². The molecule has 2 aromatic rings. The van der Waals surface area contributed by atoms with Crippen LogP contribution in [0, 0.1) is 6.92 Å². The SMILES string of the molecule is Cc1ccc([C@@H](C)c2ccc(N)cc2)cc1. The first-order valence-corrected chi connectivity index (χ1v) is 5.59. The van der Waals surface area contributed by atoms with Gasteiger partial charge in [-0.2, -0.15) is 0 Å². The Morgan fingerprint density at radius 2 is 1.25 bits per heavy atom. The van der Waals surface area contributed by atoms with Crippen molar-refractivity contribution in [1.82, 2.24) is 0 Å². The monoisotopic (exact) mass is 211 g/mol. The molecule has 0 aliphatic rings. The van der Waals surface area contributed by atoms with Crippen LogP contribution in [0.1, 0.15) is 29.5 Å². The lowest BCUT2D eigenvalue weighted by molar-refractivity contribution is 0.922. The van der Waals surface area contributed by atoms with Crippen LogP contribution in [-0.4, -0.2) is 0 Å². The van der Waals surface area contributed by atoms with E-state index in [0.29, 0.717) is 5.92 Å². The van der Waals surface area contributed by atoms with Crippen LogP contribution >= 0.6 is 0 Å². The second kappa shape index (κ2) is 4.40. The molecule has 0 heterocycles. The molecular formula is C15H17N. The second-order valence-electron chi connectivity index (χ2n) is 4.30. The van der Waals surface area contributed by atoms with Gasteiger partial charge in [0.05, 0.1) is 0 Å². The number of rotatable bonds is 2. The number of hydrogen-bond donors (Lipinski definition) is 1. The minimum Gasteiger partial charge on any atom is -0.399 e. The van der Waals surface area contributed by atoms with Crippen LogP contribution in [0.4, 0.5) is 5.69 Å². The maximum atomic E-state index is 5.69. The van der Waals surface area contributed by atoms with E-state index in [4.69, 9.17) is 5.73 Å². The second-order valence-corrected chi connectivity index (χ2v) is 4.30. The van der Waals surface area contributed by atoms with Crippen LogP contribution in [0.2, 0.25) is 0 Å². The fraction of sp³-hybridized carbons (Fsp3) is 0.200. The Bertz CT molecular complexity index is 408. The molecule has 1 heteroatoms. The Kier molecular flexibility index (Phi) is 2.95. The van der Waals surface area contributed by atoms with Crippen molar-refractivity contribution in [3.05, 3.63) is 65.2 Å². The molecule has 2 rings (SSSR count). The summed E-state index contributed by atoms with van der Waals surface area (Å²) in [6, 6.07) is 16.8. The molecule has 16 heavy (non-hydrogen) atoms. The highest BCUT2D eigenvalue weighted by molar-refractivity contribution is 5.42. The van der Waals surface area contributed by atoms with Crippen LogP contribution in [-0.2, 0) is 0 Å². The van der Waals surface area contributed by atoms with Gasteiger partial charge < -0.3 is 5.73 Å². The minimum absolute atomic E-state index is 0.418. The average molecular weight is 211 g/mol. The highest BCUT2D eigenvalue weighted by atomic mass is 14.5. The van der Waals surface area contributed by atoms with Gasteiger partial charge in [0.2, 0.25) is 0 Å². The molecule has 0 aliphatic heterocycles. The summed E-state index contributed by atoms with van der Waals surface area (Å²) in [5.74, 6) is 0.418. The topological polar surface area (TPSA) is 26.0 Å². The van der Waals surface area contributed by atoms with Crippen molar-refractivity contribution in [3.63, 3.8) is 0 Å². The summed E-state index contributed by atoms with van der Waals surface area (Å²) in [7, 11) is 0. The first-order chi connectivity index (χ1) is 7.66. The molecule has 0 spiro atoms. The first kappa shape index (κ1) is 10.7. The quantitative estimate of drug-likeness (QED) is 0.752. The highest BCUT2D eigenvalue weighted by Gasteiger charge is 2.07. The van der Waals surface area contributed by atoms with Crippen LogP contribution in [0.15, 0.2) is 48.5 Å². The Balaban J connectivity index is 2.28. The first-order valence-electron chi connectivity index (χ1n) is 5.59. The van der Waals surface area contributed by atoms with E-state index in [9.17, 15) is 0 Å². The summed E-state index contributed by atoms with van der Waals surface area (Å²) in [5.41, 5.74) is 10.5. The van der Waals surface area contributed by atoms with Gasteiger partial charge in [-0.1, -0.05) is 48.9 Å². The van der Waals surface area contributed by atoms with E-state index in [1.165, 1.54) is 16.7 Å². The highest BCUT2D eigenvalue weighted by Crippen LogP contribution is 2.24. The number of anilines is 1. The van der Waals surface area contributed by atoms with Gasteiger partial charge in [-0.3, -0.25) is 0 Å². The van der Waals surface area contributed by atoms with Crippen molar-refractivity contribution in [2.75, 3.05) is 5.73 Å². The molecule has 0 saturated carbocycles. The maximum absolute atomic E-state index is 5.69. The summed E-state index contributed by atoms with van der Waals surface area (Å²) in [5, 5.41) is 0. The summed E-state index contributed by atoms with van der Waals surface area (Å²) >= 11 is 0. The van der Waals surface area contributed by atoms with E-state index in [2.05, 4.69) is 50.2 Å². The molecule has 1 nitrogen and oxygen atoms in total. The van der Waals surface area contributed by atoms with E-state index in [1.54, 1.807) is 0 Å². The summed E-state index contributed by atoms with van der Waals surface area (Å²) in [6.07, 6.45) is 0. The average Bonchev–Trinajstić information content (AvgIpc) is 2.30. The van der Waals surface area contributed by atoms with Crippen LogP contribution < -0.4 is 5.73 Å². The predicted octanol–water partition coefficient (Wildman–Crippen LogP) is 3.73. The largest absolute Gasteiger partial charge is 0.399 e. The number of benzene rings is 2. The molecule has 0 radical (unpaired) electrons. The normalized spacial score (nSPS) is 12.4. The van der Waals surface area contributed by atoms with Crippen molar-refractivity contribution in [2.24, 2.45) is 0 Å².